The highest BCUT2D eigenvalue weighted by atomic mass is 127. The number of aromatic nitrogens is 4. The van der Waals surface area contributed by atoms with Crippen LogP contribution in [0.1, 0.15) is 0 Å². The van der Waals surface area contributed by atoms with Crippen LogP contribution < -0.4 is 4.65 Å². The molecule has 0 atom stereocenters. The third kappa shape index (κ3) is 8.92. The number of rotatable bonds is 3. The molecule has 2 aromatic heterocycles. The molecule has 1 radical (unpaired) electrons. The van der Waals surface area contributed by atoms with Gasteiger partial charge in [-0.3, -0.25) is 5.10 Å². The van der Waals surface area contributed by atoms with Crippen LogP contribution in [-0.4, -0.2) is 32.7 Å². The molecule has 2 N–H and O–H groups in total. The zero-order valence-corrected chi connectivity index (χ0v) is 21.1. The van der Waals surface area contributed by atoms with E-state index in [2.05, 4.69) is 65.1 Å². The Morgan fingerprint density at radius 1 is 0.968 bits per heavy atom. The number of halogens is 6. The average Bonchev–Trinajstić information content (AvgIpc) is 3.29. The molecule has 6 nitrogen and oxygen atoms in total. The minimum absolute atomic E-state index is 0.262. The largest absolute Gasteiger partial charge is 0.569 e. The number of nitrogens with one attached hydrogen (secondary N) is 1. The van der Waals surface area contributed by atoms with Crippen molar-refractivity contribution in [1.82, 2.24) is 20.0 Å². The number of nitrogens with zero attached hydrogens (tertiary/aromatic N) is 3. The van der Waals surface area contributed by atoms with Crippen molar-refractivity contribution in [2.45, 2.75) is 0 Å². The summed E-state index contributed by atoms with van der Waals surface area (Å²) in [5.41, 5.74) is 0.788. The van der Waals surface area contributed by atoms with Crippen LogP contribution in [0.4, 0.5) is 8.78 Å². The summed E-state index contributed by atoms with van der Waals surface area (Å²) in [6, 6.07) is 11.4. The number of hydrogen-bond donors (Lipinski definition) is 2. The Bertz CT molecular complexity index is 1050. The topological polar surface area (TPSA) is 76.0 Å². The quantitative estimate of drug-likeness (QED) is 0.215. The Morgan fingerprint density at radius 3 is 1.94 bits per heavy atom. The van der Waals surface area contributed by atoms with Gasteiger partial charge in [0.15, 0.2) is 5.15 Å². The number of H-pyrrole nitrogens is 1. The van der Waals surface area contributed by atoms with E-state index in [1.54, 1.807) is 29.2 Å². The molecule has 0 fully saturated rings. The molecule has 0 aliphatic rings. The third-order valence-electron chi connectivity index (χ3n) is 3.27. The molecule has 0 saturated carbocycles. The number of aromatic amines is 1. The molecule has 2 aromatic carbocycles. The van der Waals surface area contributed by atoms with Crippen LogP contribution in [0, 0.1) is 18.8 Å². The van der Waals surface area contributed by atoms with Crippen molar-refractivity contribution < 1.29 is 18.5 Å². The van der Waals surface area contributed by atoms with Gasteiger partial charge in [-0.2, -0.15) is 10.2 Å². The average molecular weight is 690 g/mol. The van der Waals surface area contributed by atoms with Crippen molar-refractivity contribution in [2.75, 3.05) is 0 Å². The van der Waals surface area contributed by atoms with E-state index in [4.69, 9.17) is 28.2 Å². The van der Waals surface area contributed by atoms with E-state index in [9.17, 15) is 8.78 Å². The first kappa shape index (κ1) is 25.8. The van der Waals surface area contributed by atoms with E-state index >= 15 is 0 Å². The van der Waals surface area contributed by atoms with Gasteiger partial charge in [0.2, 0.25) is 0 Å². The van der Waals surface area contributed by atoms with Gasteiger partial charge >= 0.3 is 7.69 Å². The van der Waals surface area contributed by atoms with E-state index < -0.39 is 0 Å². The molecule has 161 valence electrons. The molecule has 4 rings (SSSR count). The summed E-state index contributed by atoms with van der Waals surface area (Å²) in [6.45, 7) is 0. The highest BCUT2D eigenvalue weighted by molar-refractivity contribution is 14.1. The Kier molecular flexibility index (Phi) is 11.0. The lowest BCUT2D eigenvalue weighted by atomic mass is 10.3. The summed E-state index contributed by atoms with van der Waals surface area (Å²) in [4.78, 5) is 0. The van der Waals surface area contributed by atoms with Gasteiger partial charge in [0, 0.05) is 6.20 Å². The van der Waals surface area contributed by atoms with Gasteiger partial charge in [0.25, 0.3) is 0 Å². The molecule has 2 heterocycles. The fraction of sp³-hybridized carbons (Fsp3) is 0. The first-order valence-electron chi connectivity index (χ1n) is 8.19. The molecular formula is C18H12BCl2F2I2N4O2. The molecule has 0 amide bonds. The summed E-state index contributed by atoms with van der Waals surface area (Å²) < 4.78 is 32.8. The van der Waals surface area contributed by atoms with Gasteiger partial charge < -0.3 is 9.68 Å². The molecule has 0 unspecified atom stereocenters. The van der Waals surface area contributed by atoms with Gasteiger partial charge in [-0.05, 0) is 93.7 Å². The molecule has 0 aliphatic heterocycles. The van der Waals surface area contributed by atoms with Gasteiger partial charge in [-0.1, -0.05) is 23.2 Å². The summed E-state index contributed by atoms with van der Waals surface area (Å²) in [5, 5.41) is 19.5. The van der Waals surface area contributed by atoms with Crippen molar-refractivity contribution in [1.29, 1.82) is 0 Å². The van der Waals surface area contributed by atoms with Crippen LogP contribution in [0.25, 0.3) is 5.69 Å². The summed E-state index contributed by atoms with van der Waals surface area (Å²) in [6.07, 6.45) is 3.46. The monoisotopic (exact) mass is 689 g/mol. The molecule has 13 heteroatoms. The second-order valence-electron chi connectivity index (χ2n) is 5.40. The fourth-order valence-electron chi connectivity index (χ4n) is 1.89. The van der Waals surface area contributed by atoms with Crippen molar-refractivity contribution in [3.63, 3.8) is 0 Å². The lowest BCUT2D eigenvalue weighted by Gasteiger charge is -1.99. The highest BCUT2D eigenvalue weighted by Crippen LogP contribution is 2.18. The van der Waals surface area contributed by atoms with Gasteiger partial charge in [0.1, 0.15) is 22.5 Å². The summed E-state index contributed by atoms with van der Waals surface area (Å²) in [7, 11) is 0.549. The van der Waals surface area contributed by atoms with Gasteiger partial charge in [0.05, 0.1) is 19.0 Å². The van der Waals surface area contributed by atoms with Crippen molar-refractivity contribution in [2.24, 2.45) is 0 Å². The standard InChI is InChI=1S/C9H5ClFIN2.C6H5BFO2.C3H2ClIN2/c10-9-8(12)5-14(13-9)7-3-1-6(11)2-4-7;8-5-1-3-6(4-2-5)10-7-9;4-3-2(5)1-6-7-3/h1-5H;1-4,9H;1H,(H,6,7). The Balaban J connectivity index is 0.000000176. The van der Waals surface area contributed by atoms with E-state index in [1.807, 2.05) is 0 Å². The zero-order chi connectivity index (χ0) is 22.8. The van der Waals surface area contributed by atoms with Crippen molar-refractivity contribution >= 4 is 76.1 Å². The van der Waals surface area contributed by atoms with Crippen LogP contribution in [0.3, 0.4) is 0 Å². The summed E-state index contributed by atoms with van der Waals surface area (Å²) >= 11 is 15.5. The lowest BCUT2D eigenvalue weighted by Crippen LogP contribution is -1.99. The van der Waals surface area contributed by atoms with Crippen LogP contribution in [0.15, 0.2) is 60.9 Å². The molecule has 0 saturated heterocycles. The summed E-state index contributed by atoms with van der Waals surface area (Å²) in [5.74, 6) is -0.184. The second-order valence-corrected chi connectivity index (χ2v) is 8.46. The third-order valence-corrected chi connectivity index (χ3v) is 6.08. The molecule has 0 bridgehead atoms. The maximum atomic E-state index is 12.6. The van der Waals surface area contributed by atoms with Crippen LogP contribution in [0.2, 0.25) is 10.3 Å². The Hall–Kier alpha value is -1.42. The Labute approximate surface area is 214 Å². The van der Waals surface area contributed by atoms with E-state index in [0.29, 0.717) is 23.7 Å². The predicted octanol–water partition coefficient (Wildman–Crippen LogP) is 5.67. The van der Waals surface area contributed by atoms with E-state index in [-0.39, 0.29) is 11.6 Å². The van der Waals surface area contributed by atoms with Crippen LogP contribution in [0.5, 0.6) is 5.75 Å². The minimum atomic E-state index is -0.328. The van der Waals surface area contributed by atoms with Crippen LogP contribution >= 0.6 is 68.4 Å². The second kappa shape index (κ2) is 13.2. The molecule has 0 aliphatic carbocycles. The van der Waals surface area contributed by atoms with E-state index in [0.717, 1.165) is 12.8 Å². The lowest BCUT2D eigenvalue weighted by molar-refractivity contribution is 0.453. The Morgan fingerprint density at radius 2 is 1.55 bits per heavy atom. The highest BCUT2D eigenvalue weighted by Gasteiger charge is 2.04. The van der Waals surface area contributed by atoms with Gasteiger partial charge in [-0.25, -0.2) is 13.5 Å². The first-order chi connectivity index (χ1) is 14.8. The SMILES string of the molecule is Clc1[nH]ncc1I.Fc1ccc(-n2cc(I)c(Cl)n2)cc1.O[B]Oc1ccc(F)cc1. The first-order valence-corrected chi connectivity index (χ1v) is 11.1. The molecule has 4 aromatic rings. The number of benzene rings is 2. The smallest absolute Gasteiger partial charge is 0.537 e. The maximum Gasteiger partial charge on any atom is 0.569 e. The number of hydrogen-bond acceptors (Lipinski definition) is 4. The molecule has 31 heavy (non-hydrogen) atoms. The van der Waals surface area contributed by atoms with Crippen LogP contribution in [-0.2, 0) is 0 Å². The zero-order valence-electron chi connectivity index (χ0n) is 15.3. The molecule has 0 spiro atoms. The van der Waals surface area contributed by atoms with Crippen molar-refractivity contribution in [3.8, 4) is 11.4 Å². The van der Waals surface area contributed by atoms with E-state index in [1.165, 1.54) is 36.4 Å². The van der Waals surface area contributed by atoms with Crippen molar-refractivity contribution in [3.05, 3.63) is 90.0 Å². The fourth-order valence-corrected chi connectivity index (χ4v) is 2.75. The van der Waals surface area contributed by atoms with Gasteiger partial charge in [-0.15, -0.1) is 0 Å². The predicted molar refractivity (Wildman–Crippen MR) is 133 cm³/mol. The molecular weight excluding hydrogens is 678 g/mol. The normalized spacial score (nSPS) is 9.77. The minimum Gasteiger partial charge on any atom is -0.537 e. The maximum absolute atomic E-state index is 12.6.